The Morgan fingerprint density at radius 2 is 0.886 bits per heavy atom. The van der Waals surface area contributed by atoms with Crippen LogP contribution in [0.3, 0.4) is 0 Å². The number of hydrogen-bond donors (Lipinski definition) is 0. The molecule has 0 atom stereocenters. The summed E-state index contributed by atoms with van der Waals surface area (Å²) in [6, 6.07) is 35.7. The number of hydrogen-bond acceptors (Lipinski definition) is 2. The van der Waals surface area contributed by atoms with Gasteiger partial charge in [-0.1, -0.05) is 152 Å². The molecule has 1 heterocycles. The van der Waals surface area contributed by atoms with Crippen molar-refractivity contribution in [1.29, 1.82) is 0 Å². The molecule has 5 rings (SSSR count). The number of rotatable bonds is 9. The van der Waals surface area contributed by atoms with Crippen molar-refractivity contribution in [1.82, 2.24) is 0 Å². The first-order chi connectivity index (χ1) is 21.2. The molecule has 4 aromatic carbocycles. The van der Waals surface area contributed by atoms with E-state index in [0.717, 1.165) is 0 Å². The summed E-state index contributed by atoms with van der Waals surface area (Å²) < 4.78 is 0. The normalized spacial score (nSPS) is 13.3. The van der Waals surface area contributed by atoms with Crippen LogP contribution in [0.15, 0.2) is 109 Å². The van der Waals surface area contributed by atoms with Crippen LogP contribution in [-0.2, 0) is 15.1 Å². The van der Waals surface area contributed by atoms with Crippen LogP contribution in [0.25, 0.3) is 0 Å². The van der Waals surface area contributed by atoms with Gasteiger partial charge in [-0.3, -0.25) is 0 Å². The number of benzene rings is 4. The molecule has 0 fully saturated rings. The molecule has 0 bridgehead atoms. The third kappa shape index (κ3) is 7.29. The second kappa shape index (κ2) is 15.6. The molecular weight excluding hydrogens is 626 g/mol. The third-order valence-electron chi connectivity index (χ3n) is 8.09. The van der Waals surface area contributed by atoms with Crippen molar-refractivity contribution >= 4 is 40.0 Å². The zero-order valence-corrected chi connectivity index (χ0v) is 29.7. The number of anilines is 2. The Hall–Kier alpha value is -2.54. The Morgan fingerprint density at radius 3 is 1.25 bits per heavy atom. The molecule has 1 aliphatic heterocycles. The Bertz CT molecular complexity index is 1440. The van der Waals surface area contributed by atoms with E-state index in [2.05, 4.69) is 200 Å². The first-order valence-corrected chi connectivity index (χ1v) is 18.2. The summed E-state index contributed by atoms with van der Waals surface area (Å²) >= 11 is 3.66. The summed E-state index contributed by atoms with van der Waals surface area (Å²) in [7, 11) is 3.34. The van der Waals surface area contributed by atoms with E-state index in [9.17, 15) is 0 Å². The van der Waals surface area contributed by atoms with Crippen molar-refractivity contribution in [3.8, 4) is 0 Å². The number of nitrogens with zero attached hydrogens (tertiary/aromatic N) is 2. The van der Waals surface area contributed by atoms with Gasteiger partial charge in [0.25, 0.3) is 0 Å². The molecule has 0 aromatic heterocycles. The van der Waals surface area contributed by atoms with Crippen LogP contribution >= 0.6 is 18.0 Å². The Balaban J connectivity index is 0.00000216. The van der Waals surface area contributed by atoms with E-state index < -0.39 is 7.92 Å². The molecule has 5 heteroatoms. The van der Waals surface area contributed by atoms with Crippen molar-refractivity contribution in [2.75, 3.05) is 9.80 Å². The first-order valence-electron chi connectivity index (χ1n) is 15.5. The van der Waals surface area contributed by atoms with Crippen LogP contribution in [-0.4, -0.2) is 0 Å². The van der Waals surface area contributed by atoms with E-state index in [4.69, 9.17) is 0 Å². The third-order valence-corrected chi connectivity index (χ3v) is 10.5. The molecule has 0 N–H and O–H groups in total. The number of halogens is 1. The summed E-state index contributed by atoms with van der Waals surface area (Å²) in [5.74, 6) is 1.55. The molecule has 0 amide bonds. The monoisotopic (exact) mass is 670 g/mol. The molecule has 0 unspecified atom stereocenters. The van der Waals surface area contributed by atoms with Crippen LogP contribution in [0.5, 0.6) is 0 Å². The molecule has 2 nitrogen and oxygen atoms in total. The van der Waals surface area contributed by atoms with Gasteiger partial charge in [-0.15, -0.1) is 0 Å². The molecule has 234 valence electrons. The summed E-state index contributed by atoms with van der Waals surface area (Å²) in [6.07, 6.45) is 2.39. The molecular formula is C39H45ClCuN2P. The minimum absolute atomic E-state index is 0.379. The van der Waals surface area contributed by atoms with Gasteiger partial charge in [-0.25, -0.2) is 0 Å². The zero-order chi connectivity index (χ0) is 32.0. The van der Waals surface area contributed by atoms with Crippen molar-refractivity contribution < 1.29 is 15.1 Å². The van der Waals surface area contributed by atoms with Crippen LogP contribution in [0.4, 0.5) is 11.4 Å². The van der Waals surface area contributed by atoms with Crippen molar-refractivity contribution in [2.45, 2.75) is 79.1 Å². The van der Waals surface area contributed by atoms with E-state index in [0.29, 0.717) is 23.7 Å². The van der Waals surface area contributed by atoms with Gasteiger partial charge >= 0.3 is 25.2 Å². The fourth-order valence-electron chi connectivity index (χ4n) is 5.93. The standard InChI is InChI=1S/C39H45N2P.ClH.Cu/c1-27(2)33-21-15-22-34(28(3)4)38(33)40-25-37(42(31-17-11-9-12-18-31)32-19-13-10-14-20-32)41(26-40)39-35(29(5)6)23-16-24-36(39)30(7)8;;/h9-25,27-30H,1-8H3;1H;/q;;+1/p-1. The van der Waals surface area contributed by atoms with Gasteiger partial charge in [-0.05, 0) is 56.5 Å². The van der Waals surface area contributed by atoms with Gasteiger partial charge in [0.2, 0.25) is 6.67 Å². The van der Waals surface area contributed by atoms with E-state index in [1.807, 2.05) is 0 Å². The molecule has 2 radical (unpaired) electrons. The fourth-order valence-corrected chi connectivity index (χ4v) is 8.27. The quantitative estimate of drug-likeness (QED) is 0.129. The second-order valence-corrected chi connectivity index (χ2v) is 14.6. The molecule has 0 spiro atoms. The predicted molar refractivity (Wildman–Crippen MR) is 190 cm³/mol. The maximum atomic E-state index is 4.20. The number of para-hydroxylation sites is 2. The van der Waals surface area contributed by atoms with E-state index >= 15 is 0 Å². The maximum absolute atomic E-state index is 4.20. The van der Waals surface area contributed by atoms with Gasteiger partial charge in [0.15, 0.2) is 0 Å². The molecule has 0 saturated heterocycles. The Labute approximate surface area is 280 Å². The average molecular weight is 672 g/mol. The summed E-state index contributed by atoms with van der Waals surface area (Å²) in [6.45, 7) is 22.4. The predicted octanol–water partition coefficient (Wildman–Crippen LogP) is 11.1. The molecule has 0 aliphatic carbocycles. The average Bonchev–Trinajstić information content (AvgIpc) is 3.46. The Kier molecular flexibility index (Phi) is 12.2. The van der Waals surface area contributed by atoms with Gasteiger partial charge in [0.05, 0.1) is 16.8 Å². The summed E-state index contributed by atoms with van der Waals surface area (Å²) in [5.41, 5.74) is 9.27. The van der Waals surface area contributed by atoms with Crippen LogP contribution < -0.4 is 20.4 Å². The van der Waals surface area contributed by atoms with Gasteiger partial charge in [0.1, 0.15) is 0 Å². The summed E-state index contributed by atoms with van der Waals surface area (Å²) in [4.78, 5) is 4.75. The molecule has 44 heavy (non-hydrogen) atoms. The zero-order valence-electron chi connectivity index (χ0n) is 27.1. The minimum atomic E-state index is -0.862. The molecule has 1 aliphatic rings. The second-order valence-electron chi connectivity index (χ2n) is 12.5. The van der Waals surface area contributed by atoms with Crippen LogP contribution in [0, 0.1) is 6.67 Å². The van der Waals surface area contributed by atoms with Gasteiger partial charge in [-0.2, -0.15) is 0 Å². The van der Waals surface area contributed by atoms with Crippen LogP contribution in [0.2, 0.25) is 0 Å². The van der Waals surface area contributed by atoms with Crippen molar-refractivity contribution in [2.24, 2.45) is 0 Å². The van der Waals surface area contributed by atoms with Crippen molar-refractivity contribution in [3.63, 3.8) is 0 Å². The van der Waals surface area contributed by atoms with E-state index in [1.54, 1.807) is 0 Å². The van der Waals surface area contributed by atoms with Crippen molar-refractivity contribution in [3.05, 3.63) is 138 Å². The molecule has 0 saturated carbocycles. The van der Waals surface area contributed by atoms with E-state index in [-0.39, 0.29) is 0 Å². The topological polar surface area (TPSA) is 6.48 Å². The Morgan fingerprint density at radius 1 is 0.523 bits per heavy atom. The van der Waals surface area contributed by atoms with Gasteiger partial charge in [0, 0.05) is 14.1 Å². The fraction of sp³-hybridized carbons (Fsp3) is 0.308. The van der Waals surface area contributed by atoms with Gasteiger partial charge < -0.3 is 9.80 Å². The molecule has 4 aromatic rings. The van der Waals surface area contributed by atoms with E-state index in [1.165, 1.54) is 49.7 Å². The summed E-state index contributed by atoms with van der Waals surface area (Å²) in [5, 5.41) is 2.68. The SMILES string of the molecule is CC(C)c1cccc(C(C)C)c1N1[C]N(c2c(C(C)C)cccc2C(C)C)C(P(c2ccccc2)c2ccccc2)=C1.[Cl][Cu]. The van der Waals surface area contributed by atoms with Crippen LogP contribution in [0.1, 0.15) is 101 Å². The first kappa shape index (κ1) is 34.3.